The normalized spacial score (nSPS) is 13.8. The van der Waals surface area contributed by atoms with Crippen molar-refractivity contribution in [1.29, 1.82) is 0 Å². The zero-order valence-corrected chi connectivity index (χ0v) is 14.0. The quantitative estimate of drug-likeness (QED) is 0.798. The molecular weight excluding hydrogens is 314 g/mol. The highest BCUT2D eigenvalue weighted by Crippen LogP contribution is 2.30. The largest absolute Gasteiger partial charge is 0.358 e. The predicted molar refractivity (Wildman–Crippen MR) is 96.4 cm³/mol. The van der Waals surface area contributed by atoms with Crippen LogP contribution in [0.2, 0.25) is 0 Å². The molecule has 1 fully saturated rings. The molecule has 2 aromatic heterocycles. The number of pyridine rings is 2. The Labute approximate surface area is 145 Å². The topological polar surface area (TPSA) is 66.1 Å². The van der Waals surface area contributed by atoms with Crippen LogP contribution in [-0.4, -0.2) is 26.8 Å². The molecule has 3 aromatic rings. The van der Waals surface area contributed by atoms with E-state index in [1.807, 2.05) is 30.0 Å². The first kappa shape index (κ1) is 15.6. The number of nitrogens with one attached hydrogen (secondary N) is 1. The van der Waals surface area contributed by atoms with Crippen molar-refractivity contribution in [3.63, 3.8) is 0 Å². The summed E-state index contributed by atoms with van der Waals surface area (Å²) < 4.78 is 0. The fourth-order valence-corrected chi connectivity index (χ4v) is 3.12. The van der Waals surface area contributed by atoms with E-state index >= 15 is 0 Å². The molecule has 1 saturated carbocycles. The molecule has 0 saturated heterocycles. The molecular formula is C20H19N3O2. The Morgan fingerprint density at radius 3 is 2.68 bits per heavy atom. The lowest BCUT2D eigenvalue weighted by molar-refractivity contribution is 0.0730. The van der Waals surface area contributed by atoms with Gasteiger partial charge in [-0.1, -0.05) is 0 Å². The minimum Gasteiger partial charge on any atom is -0.358 e. The smallest absolute Gasteiger partial charge is 0.254 e. The number of amides is 1. The monoisotopic (exact) mass is 333 g/mol. The summed E-state index contributed by atoms with van der Waals surface area (Å²) in [7, 11) is 0. The van der Waals surface area contributed by atoms with Crippen LogP contribution in [-0.2, 0) is 6.54 Å². The second-order valence-electron chi connectivity index (χ2n) is 6.60. The third-order valence-corrected chi connectivity index (χ3v) is 4.56. The number of aryl methyl sites for hydroxylation is 1. The van der Waals surface area contributed by atoms with Gasteiger partial charge in [0.15, 0.2) is 5.43 Å². The molecule has 1 aromatic carbocycles. The van der Waals surface area contributed by atoms with Gasteiger partial charge in [0.05, 0.1) is 0 Å². The molecule has 1 aliphatic carbocycles. The van der Waals surface area contributed by atoms with E-state index < -0.39 is 0 Å². The van der Waals surface area contributed by atoms with Crippen LogP contribution in [0.15, 0.2) is 53.6 Å². The Morgan fingerprint density at radius 2 is 1.96 bits per heavy atom. The molecule has 1 N–H and O–H groups in total. The number of carbonyl (C=O) groups is 1. The van der Waals surface area contributed by atoms with Crippen LogP contribution < -0.4 is 5.43 Å². The summed E-state index contributed by atoms with van der Waals surface area (Å²) in [5.74, 6) is -0.0267. The van der Waals surface area contributed by atoms with Gasteiger partial charge in [-0.15, -0.1) is 0 Å². The summed E-state index contributed by atoms with van der Waals surface area (Å²) in [6, 6.07) is 11.0. The van der Waals surface area contributed by atoms with Gasteiger partial charge in [0.2, 0.25) is 0 Å². The molecule has 0 spiro atoms. The summed E-state index contributed by atoms with van der Waals surface area (Å²) in [5, 5.41) is 0.552. The van der Waals surface area contributed by atoms with E-state index in [1.165, 1.54) is 0 Å². The van der Waals surface area contributed by atoms with Crippen molar-refractivity contribution >= 4 is 16.8 Å². The fraction of sp³-hybridized carbons (Fsp3) is 0.250. The van der Waals surface area contributed by atoms with Crippen molar-refractivity contribution < 1.29 is 4.79 Å². The zero-order chi connectivity index (χ0) is 17.4. The minimum atomic E-state index is -0.0620. The highest BCUT2D eigenvalue weighted by Gasteiger charge is 2.33. The van der Waals surface area contributed by atoms with Gasteiger partial charge >= 0.3 is 0 Å². The number of H-pyrrole nitrogens is 1. The Morgan fingerprint density at radius 1 is 1.20 bits per heavy atom. The minimum absolute atomic E-state index is 0.0267. The standard InChI is InChI=1S/C20H19N3O2/c1-13-10-19(24)17-11-15(2-5-18(17)22-13)20(25)23(16-3-4-16)12-14-6-8-21-9-7-14/h2,5-11,16H,3-4,12H2,1H3,(H,22,24). The molecule has 5 heteroatoms. The SMILES string of the molecule is Cc1cc(=O)c2cc(C(=O)N(Cc3ccncc3)C3CC3)ccc2[nH]1. The van der Waals surface area contributed by atoms with Gasteiger partial charge in [0.25, 0.3) is 5.91 Å². The Balaban J connectivity index is 1.68. The van der Waals surface area contributed by atoms with Crippen molar-refractivity contribution in [3.8, 4) is 0 Å². The lowest BCUT2D eigenvalue weighted by Crippen LogP contribution is -2.32. The van der Waals surface area contributed by atoms with Gasteiger partial charge < -0.3 is 9.88 Å². The highest BCUT2D eigenvalue weighted by atomic mass is 16.2. The number of fused-ring (bicyclic) bond motifs is 1. The predicted octanol–water partition coefficient (Wildman–Crippen LogP) is 3.04. The third kappa shape index (κ3) is 3.18. The van der Waals surface area contributed by atoms with Crippen LogP contribution in [0, 0.1) is 6.92 Å². The average Bonchev–Trinajstić information content (AvgIpc) is 3.44. The molecule has 0 atom stereocenters. The second-order valence-corrected chi connectivity index (χ2v) is 6.60. The summed E-state index contributed by atoms with van der Waals surface area (Å²) in [4.78, 5) is 34.4. The first-order valence-corrected chi connectivity index (χ1v) is 8.45. The molecule has 4 rings (SSSR count). The van der Waals surface area contributed by atoms with E-state index in [-0.39, 0.29) is 17.4 Å². The maximum absolute atomic E-state index is 13.1. The summed E-state index contributed by atoms with van der Waals surface area (Å²) in [6.07, 6.45) is 5.54. The molecule has 1 amide bonds. The summed E-state index contributed by atoms with van der Waals surface area (Å²) >= 11 is 0. The molecule has 1 aliphatic rings. The van der Waals surface area contributed by atoms with Gasteiger partial charge in [-0.3, -0.25) is 14.6 Å². The molecule has 0 bridgehead atoms. The van der Waals surface area contributed by atoms with E-state index in [0.29, 0.717) is 17.5 Å². The molecule has 0 unspecified atom stereocenters. The maximum Gasteiger partial charge on any atom is 0.254 e. The fourth-order valence-electron chi connectivity index (χ4n) is 3.12. The van der Waals surface area contributed by atoms with Crippen LogP contribution in [0.5, 0.6) is 0 Å². The van der Waals surface area contributed by atoms with Gasteiger partial charge in [-0.25, -0.2) is 0 Å². The van der Waals surface area contributed by atoms with E-state index in [1.54, 1.807) is 30.6 Å². The number of aromatic nitrogens is 2. The number of benzene rings is 1. The average molecular weight is 333 g/mol. The van der Waals surface area contributed by atoms with Crippen molar-refractivity contribution in [2.24, 2.45) is 0 Å². The maximum atomic E-state index is 13.1. The molecule has 0 radical (unpaired) electrons. The Bertz CT molecular complexity index is 991. The van der Waals surface area contributed by atoms with E-state index in [4.69, 9.17) is 0 Å². The van der Waals surface area contributed by atoms with Crippen LogP contribution >= 0.6 is 0 Å². The van der Waals surface area contributed by atoms with E-state index in [2.05, 4.69) is 9.97 Å². The first-order valence-electron chi connectivity index (χ1n) is 8.45. The van der Waals surface area contributed by atoms with E-state index in [9.17, 15) is 9.59 Å². The number of aromatic amines is 1. The Kier molecular flexibility index (Phi) is 3.84. The highest BCUT2D eigenvalue weighted by molar-refractivity contribution is 5.98. The summed E-state index contributed by atoms with van der Waals surface area (Å²) in [6.45, 7) is 2.41. The van der Waals surface area contributed by atoms with Gasteiger partial charge in [-0.2, -0.15) is 0 Å². The van der Waals surface area contributed by atoms with Crippen molar-refractivity contribution in [1.82, 2.24) is 14.9 Å². The number of nitrogens with zero attached hydrogens (tertiary/aromatic N) is 2. The molecule has 25 heavy (non-hydrogen) atoms. The summed E-state index contributed by atoms with van der Waals surface area (Å²) in [5.41, 5.74) is 3.13. The van der Waals surface area contributed by atoms with Crippen molar-refractivity contribution in [2.45, 2.75) is 32.4 Å². The molecule has 126 valence electrons. The Hall–Kier alpha value is -2.95. The first-order chi connectivity index (χ1) is 12.1. The second kappa shape index (κ2) is 6.16. The van der Waals surface area contributed by atoms with Crippen LogP contribution in [0.3, 0.4) is 0 Å². The molecule has 2 heterocycles. The van der Waals surface area contributed by atoms with Gasteiger partial charge in [0.1, 0.15) is 0 Å². The zero-order valence-electron chi connectivity index (χ0n) is 14.0. The van der Waals surface area contributed by atoms with Crippen LogP contribution in [0.25, 0.3) is 10.9 Å². The number of hydrogen-bond acceptors (Lipinski definition) is 3. The van der Waals surface area contributed by atoms with Crippen LogP contribution in [0.1, 0.15) is 34.5 Å². The van der Waals surface area contributed by atoms with Crippen molar-refractivity contribution in [2.75, 3.05) is 0 Å². The lowest BCUT2D eigenvalue weighted by Gasteiger charge is -2.22. The molecule has 0 aliphatic heterocycles. The number of carbonyl (C=O) groups excluding carboxylic acids is 1. The van der Waals surface area contributed by atoms with Crippen molar-refractivity contribution in [3.05, 3.63) is 75.8 Å². The number of rotatable bonds is 4. The third-order valence-electron chi connectivity index (χ3n) is 4.56. The molecule has 5 nitrogen and oxygen atoms in total. The van der Waals surface area contributed by atoms with E-state index in [0.717, 1.165) is 29.6 Å². The van der Waals surface area contributed by atoms with Gasteiger partial charge in [-0.05, 0) is 55.7 Å². The van der Waals surface area contributed by atoms with Crippen LogP contribution in [0.4, 0.5) is 0 Å². The lowest BCUT2D eigenvalue weighted by atomic mass is 10.1. The number of hydrogen-bond donors (Lipinski definition) is 1. The van der Waals surface area contributed by atoms with Gasteiger partial charge in [0, 0.05) is 53.2 Å².